The summed E-state index contributed by atoms with van der Waals surface area (Å²) >= 11 is 0.148. The molecule has 3 rings (SSSR count). The van der Waals surface area contributed by atoms with Crippen LogP contribution in [0.3, 0.4) is 0 Å². The molecule has 3 aromatic rings. The molecule has 0 saturated carbocycles. The number of carbonyl (C=O) groups is 1. The first kappa shape index (κ1) is 12.2. The van der Waals surface area contributed by atoms with Gasteiger partial charge in [-0.05, 0) is 0 Å². The fourth-order valence-electron chi connectivity index (χ4n) is 1.92. The molecular weight excluding hydrogens is 299 g/mol. The summed E-state index contributed by atoms with van der Waals surface area (Å²) in [5, 5.41) is 1.19. The van der Waals surface area contributed by atoms with E-state index in [-0.39, 0.29) is 20.3 Å². The van der Waals surface area contributed by atoms with Gasteiger partial charge in [0.15, 0.2) is 0 Å². The number of hydrogen-bond donors (Lipinski definition) is 0. The van der Waals surface area contributed by atoms with Gasteiger partial charge in [0, 0.05) is 0 Å². The molecule has 2 heteroatoms. The number of carbonyl (C=O) groups excluding carboxylic acids is 1. The zero-order chi connectivity index (χ0) is 13.1. The van der Waals surface area contributed by atoms with E-state index in [4.69, 9.17) is 0 Å². The Morgan fingerprint density at radius 2 is 1.68 bits per heavy atom. The van der Waals surface area contributed by atoms with E-state index < -0.39 is 0 Å². The van der Waals surface area contributed by atoms with Gasteiger partial charge in [0.05, 0.1) is 0 Å². The number of hydrogen-bond acceptors (Lipinski definition) is 1. The molecule has 19 heavy (non-hydrogen) atoms. The fourth-order valence-corrected chi connectivity index (χ4v) is 3.98. The summed E-state index contributed by atoms with van der Waals surface area (Å²) < 4.78 is 2.23. The van der Waals surface area contributed by atoms with Crippen LogP contribution in [0.5, 0.6) is 0 Å². The average molecular weight is 311 g/mol. The van der Waals surface area contributed by atoms with E-state index in [2.05, 4.69) is 12.1 Å². The molecule has 1 heterocycles. The van der Waals surface area contributed by atoms with E-state index in [0.717, 1.165) is 10.0 Å². The minimum absolute atomic E-state index is 0.125. The standard InChI is InChI=1S/C17H12OSe/c18-15(11-10-13-6-2-1-3-7-13)17-12-14-8-4-5-9-16(14)19-17/h1-12H. The van der Waals surface area contributed by atoms with E-state index in [0.29, 0.717) is 0 Å². The van der Waals surface area contributed by atoms with Crippen molar-refractivity contribution in [3.63, 3.8) is 0 Å². The molecule has 1 nitrogen and oxygen atoms in total. The second-order valence-corrected chi connectivity index (χ2v) is 6.53. The molecule has 0 atom stereocenters. The maximum atomic E-state index is 12.1. The van der Waals surface area contributed by atoms with E-state index in [1.165, 1.54) is 9.65 Å². The Labute approximate surface area is 117 Å². The van der Waals surface area contributed by atoms with Gasteiger partial charge in [-0.25, -0.2) is 0 Å². The van der Waals surface area contributed by atoms with Gasteiger partial charge in [-0.2, -0.15) is 0 Å². The van der Waals surface area contributed by atoms with Gasteiger partial charge in [0.1, 0.15) is 0 Å². The first-order valence-corrected chi connectivity index (χ1v) is 7.80. The van der Waals surface area contributed by atoms with Crippen molar-refractivity contribution >= 4 is 36.0 Å². The van der Waals surface area contributed by atoms with Gasteiger partial charge in [-0.3, -0.25) is 0 Å². The van der Waals surface area contributed by atoms with Crippen LogP contribution in [0.15, 0.2) is 66.7 Å². The van der Waals surface area contributed by atoms with Gasteiger partial charge in [0.25, 0.3) is 0 Å². The molecule has 0 aliphatic carbocycles. The molecule has 0 amide bonds. The second-order valence-electron chi connectivity index (χ2n) is 4.26. The zero-order valence-corrected chi connectivity index (χ0v) is 12.0. The SMILES string of the molecule is O=C(C=Cc1ccccc1)c1cc2ccccc2[se]1. The average Bonchev–Trinajstić information content (AvgIpc) is 2.90. The van der Waals surface area contributed by atoms with Crippen molar-refractivity contribution in [2.75, 3.05) is 0 Å². The zero-order valence-electron chi connectivity index (χ0n) is 10.2. The summed E-state index contributed by atoms with van der Waals surface area (Å²) in [5.74, 6) is 0.125. The van der Waals surface area contributed by atoms with Gasteiger partial charge < -0.3 is 0 Å². The quantitative estimate of drug-likeness (QED) is 0.408. The van der Waals surface area contributed by atoms with E-state index in [9.17, 15) is 4.79 Å². The molecule has 0 radical (unpaired) electrons. The molecule has 0 aliphatic rings. The minimum atomic E-state index is 0.125. The normalized spacial score (nSPS) is 11.2. The summed E-state index contributed by atoms with van der Waals surface area (Å²) in [6.45, 7) is 0. The predicted molar refractivity (Wildman–Crippen MR) is 80.7 cm³/mol. The molecule has 1 aromatic heterocycles. The Morgan fingerprint density at radius 3 is 2.47 bits per heavy atom. The Morgan fingerprint density at radius 1 is 0.947 bits per heavy atom. The summed E-state index contributed by atoms with van der Waals surface area (Å²) in [5.41, 5.74) is 1.06. The second kappa shape index (κ2) is 5.39. The molecule has 0 bridgehead atoms. The van der Waals surface area contributed by atoms with Crippen molar-refractivity contribution in [3.05, 3.63) is 76.7 Å². The Bertz CT molecular complexity index is 705. The van der Waals surface area contributed by atoms with Crippen LogP contribution in [-0.4, -0.2) is 20.3 Å². The van der Waals surface area contributed by atoms with E-state index in [1.807, 2.05) is 54.6 Å². The third-order valence-corrected chi connectivity index (χ3v) is 5.27. The van der Waals surface area contributed by atoms with E-state index in [1.54, 1.807) is 6.08 Å². The maximum absolute atomic E-state index is 12.1. The Balaban J connectivity index is 1.86. The molecule has 0 aliphatic heterocycles. The number of allylic oxidation sites excluding steroid dienone is 1. The van der Waals surface area contributed by atoms with Crippen LogP contribution < -0.4 is 0 Å². The molecule has 0 unspecified atom stereocenters. The van der Waals surface area contributed by atoms with Crippen molar-refractivity contribution in [2.45, 2.75) is 0 Å². The third-order valence-electron chi connectivity index (χ3n) is 2.90. The van der Waals surface area contributed by atoms with Crippen molar-refractivity contribution < 1.29 is 4.79 Å². The molecule has 0 spiro atoms. The van der Waals surface area contributed by atoms with Crippen molar-refractivity contribution in [2.24, 2.45) is 0 Å². The third kappa shape index (κ3) is 2.76. The molecular formula is C17H12OSe. The van der Waals surface area contributed by atoms with Crippen LogP contribution >= 0.6 is 0 Å². The Hall–Kier alpha value is -1.89. The van der Waals surface area contributed by atoms with Gasteiger partial charge in [0.2, 0.25) is 0 Å². The fraction of sp³-hybridized carbons (Fsp3) is 0. The molecule has 0 saturated heterocycles. The van der Waals surface area contributed by atoms with Crippen LogP contribution in [-0.2, 0) is 0 Å². The number of rotatable bonds is 3. The van der Waals surface area contributed by atoms with Crippen molar-refractivity contribution in [3.8, 4) is 0 Å². The summed E-state index contributed by atoms with van der Waals surface area (Å²) in [4.78, 5) is 12.1. The summed E-state index contributed by atoms with van der Waals surface area (Å²) in [7, 11) is 0. The van der Waals surface area contributed by atoms with Crippen LogP contribution in [0.2, 0.25) is 0 Å². The topological polar surface area (TPSA) is 17.1 Å². The monoisotopic (exact) mass is 312 g/mol. The first-order valence-electron chi connectivity index (χ1n) is 6.09. The van der Waals surface area contributed by atoms with Crippen molar-refractivity contribution in [1.82, 2.24) is 0 Å². The van der Waals surface area contributed by atoms with Crippen molar-refractivity contribution in [1.29, 1.82) is 0 Å². The summed E-state index contributed by atoms with van der Waals surface area (Å²) in [6.07, 6.45) is 3.55. The Kier molecular flexibility index (Phi) is 3.45. The summed E-state index contributed by atoms with van der Waals surface area (Å²) in [6, 6.07) is 20.1. The van der Waals surface area contributed by atoms with Gasteiger partial charge in [-0.1, -0.05) is 0 Å². The molecule has 0 fully saturated rings. The predicted octanol–water partition coefficient (Wildman–Crippen LogP) is 3.79. The van der Waals surface area contributed by atoms with Crippen LogP contribution in [0.25, 0.3) is 15.7 Å². The first-order chi connectivity index (χ1) is 9.33. The van der Waals surface area contributed by atoms with Crippen LogP contribution in [0, 0.1) is 0 Å². The van der Waals surface area contributed by atoms with E-state index >= 15 is 0 Å². The van der Waals surface area contributed by atoms with Gasteiger partial charge >= 0.3 is 118 Å². The molecule has 0 N–H and O–H groups in total. The molecule has 2 aromatic carbocycles. The number of ketones is 1. The molecule has 92 valence electrons. The number of fused-ring (bicyclic) bond motifs is 1. The number of benzene rings is 2. The van der Waals surface area contributed by atoms with Crippen LogP contribution in [0.1, 0.15) is 14.8 Å². The van der Waals surface area contributed by atoms with Gasteiger partial charge in [-0.15, -0.1) is 0 Å². The van der Waals surface area contributed by atoms with Crippen LogP contribution in [0.4, 0.5) is 0 Å².